The minimum atomic E-state index is 0.610. The Hall–Kier alpha value is -0.860. The smallest absolute Gasteiger partial charge is 0.0512 e. The number of ether oxygens (including phenoxy) is 1. The average Bonchev–Trinajstić information content (AvgIpc) is 2.31. The van der Waals surface area contributed by atoms with Crippen molar-refractivity contribution in [1.82, 2.24) is 5.32 Å². The minimum Gasteiger partial charge on any atom is -0.381 e. The summed E-state index contributed by atoms with van der Waals surface area (Å²) in [7, 11) is 2.05. The van der Waals surface area contributed by atoms with Gasteiger partial charge in [0.15, 0.2) is 0 Å². The monoisotopic (exact) mass is 205 g/mol. The third-order valence-corrected chi connectivity index (χ3v) is 3.19. The van der Waals surface area contributed by atoms with Gasteiger partial charge in [0.25, 0.3) is 0 Å². The number of hydrogen-bond donors (Lipinski definition) is 1. The van der Waals surface area contributed by atoms with Crippen LogP contribution in [-0.4, -0.2) is 26.3 Å². The van der Waals surface area contributed by atoms with Crippen LogP contribution in [0.2, 0.25) is 0 Å². The molecule has 1 aliphatic rings. The molecule has 1 heterocycles. The van der Waals surface area contributed by atoms with Crippen molar-refractivity contribution < 1.29 is 4.74 Å². The third-order valence-electron chi connectivity index (χ3n) is 3.19. The number of hydrogen-bond acceptors (Lipinski definition) is 2. The molecule has 0 aliphatic carbocycles. The predicted octanol–water partition coefficient (Wildman–Crippen LogP) is 1.85. The number of rotatable bonds is 3. The van der Waals surface area contributed by atoms with Gasteiger partial charge < -0.3 is 10.1 Å². The first-order chi connectivity index (χ1) is 7.40. The summed E-state index contributed by atoms with van der Waals surface area (Å²) in [6.45, 7) is 1.79. The van der Waals surface area contributed by atoms with Crippen molar-refractivity contribution in [1.29, 1.82) is 0 Å². The molecular formula is C13H19NO. The fourth-order valence-corrected chi connectivity index (χ4v) is 2.29. The van der Waals surface area contributed by atoms with Gasteiger partial charge >= 0.3 is 0 Å². The topological polar surface area (TPSA) is 21.3 Å². The Morgan fingerprint density at radius 1 is 1.33 bits per heavy atom. The molecule has 0 saturated carbocycles. The van der Waals surface area contributed by atoms with Crippen molar-refractivity contribution >= 4 is 0 Å². The second-order valence-electron chi connectivity index (χ2n) is 4.21. The molecule has 2 rings (SSSR count). The Morgan fingerprint density at radius 3 is 2.87 bits per heavy atom. The highest BCUT2D eigenvalue weighted by Gasteiger charge is 2.24. The maximum atomic E-state index is 5.55. The van der Waals surface area contributed by atoms with Gasteiger partial charge in [-0.3, -0.25) is 0 Å². The Balaban J connectivity index is 1.97. The molecule has 1 aliphatic heterocycles. The Labute approximate surface area is 91.6 Å². The zero-order chi connectivity index (χ0) is 10.5. The van der Waals surface area contributed by atoms with Crippen LogP contribution in [0.25, 0.3) is 0 Å². The minimum absolute atomic E-state index is 0.610. The number of nitrogens with one attached hydrogen (secondary N) is 1. The highest BCUT2D eigenvalue weighted by molar-refractivity contribution is 5.15. The van der Waals surface area contributed by atoms with E-state index in [2.05, 4.69) is 35.6 Å². The van der Waals surface area contributed by atoms with Crippen LogP contribution in [0.15, 0.2) is 30.3 Å². The van der Waals surface area contributed by atoms with Gasteiger partial charge in [-0.25, -0.2) is 0 Å². The van der Waals surface area contributed by atoms with Gasteiger partial charge in [-0.15, -0.1) is 0 Å². The highest BCUT2D eigenvalue weighted by Crippen LogP contribution is 2.19. The predicted molar refractivity (Wildman–Crippen MR) is 61.9 cm³/mol. The van der Waals surface area contributed by atoms with E-state index >= 15 is 0 Å². The first-order valence-electron chi connectivity index (χ1n) is 5.69. The average molecular weight is 205 g/mol. The molecule has 1 N–H and O–H groups in total. The van der Waals surface area contributed by atoms with Gasteiger partial charge in [-0.1, -0.05) is 30.3 Å². The molecule has 1 aromatic rings. The Morgan fingerprint density at radius 2 is 2.13 bits per heavy atom. The van der Waals surface area contributed by atoms with E-state index in [1.54, 1.807) is 0 Å². The fraction of sp³-hybridized carbons (Fsp3) is 0.538. The van der Waals surface area contributed by atoms with E-state index < -0.39 is 0 Å². The molecule has 0 aromatic heterocycles. The molecule has 2 atom stereocenters. The molecule has 1 saturated heterocycles. The largest absolute Gasteiger partial charge is 0.381 e. The van der Waals surface area contributed by atoms with Crippen LogP contribution in [0.5, 0.6) is 0 Å². The summed E-state index contributed by atoms with van der Waals surface area (Å²) in [6, 6.07) is 11.3. The summed E-state index contributed by atoms with van der Waals surface area (Å²) >= 11 is 0. The fourth-order valence-electron chi connectivity index (χ4n) is 2.29. The molecular weight excluding hydrogens is 186 g/mol. The van der Waals surface area contributed by atoms with Crippen LogP contribution in [0.3, 0.4) is 0 Å². The lowest BCUT2D eigenvalue weighted by molar-refractivity contribution is 0.0342. The van der Waals surface area contributed by atoms with Crippen LogP contribution >= 0.6 is 0 Å². The van der Waals surface area contributed by atoms with E-state index in [-0.39, 0.29) is 0 Å². The first-order valence-corrected chi connectivity index (χ1v) is 5.69. The van der Waals surface area contributed by atoms with Crippen molar-refractivity contribution in [2.24, 2.45) is 5.92 Å². The maximum Gasteiger partial charge on any atom is 0.0512 e. The quantitative estimate of drug-likeness (QED) is 0.813. The molecule has 1 fully saturated rings. The molecule has 0 spiro atoms. The standard InChI is InChI=1S/C13H19NO/c1-14-13-7-8-15-10-12(13)9-11-5-3-2-4-6-11/h2-6,12-14H,7-10H2,1H3. The summed E-state index contributed by atoms with van der Waals surface area (Å²) in [5, 5.41) is 3.39. The summed E-state index contributed by atoms with van der Waals surface area (Å²) in [6.07, 6.45) is 2.25. The van der Waals surface area contributed by atoms with Gasteiger partial charge in [-0.05, 0) is 25.5 Å². The van der Waals surface area contributed by atoms with E-state index in [0.717, 1.165) is 26.1 Å². The van der Waals surface area contributed by atoms with Gasteiger partial charge in [0.05, 0.1) is 6.61 Å². The SMILES string of the molecule is CNC1CCOCC1Cc1ccccc1. The second-order valence-corrected chi connectivity index (χ2v) is 4.21. The molecule has 0 bridgehead atoms. The molecule has 82 valence electrons. The van der Waals surface area contributed by atoms with Gasteiger partial charge in [0.1, 0.15) is 0 Å². The molecule has 1 aromatic carbocycles. The molecule has 2 heteroatoms. The molecule has 0 amide bonds. The lowest BCUT2D eigenvalue weighted by atomic mass is 9.89. The van der Waals surface area contributed by atoms with E-state index in [1.165, 1.54) is 5.56 Å². The van der Waals surface area contributed by atoms with Gasteiger partial charge in [0, 0.05) is 18.6 Å². The van der Waals surface area contributed by atoms with Crippen LogP contribution in [-0.2, 0) is 11.2 Å². The van der Waals surface area contributed by atoms with Crippen molar-refractivity contribution in [3.05, 3.63) is 35.9 Å². The highest BCUT2D eigenvalue weighted by atomic mass is 16.5. The van der Waals surface area contributed by atoms with Gasteiger partial charge in [-0.2, -0.15) is 0 Å². The van der Waals surface area contributed by atoms with Crippen molar-refractivity contribution in [3.8, 4) is 0 Å². The second kappa shape index (κ2) is 5.29. The van der Waals surface area contributed by atoms with Gasteiger partial charge in [0.2, 0.25) is 0 Å². The molecule has 2 nitrogen and oxygen atoms in total. The summed E-state index contributed by atoms with van der Waals surface area (Å²) in [4.78, 5) is 0. The van der Waals surface area contributed by atoms with Crippen molar-refractivity contribution in [2.75, 3.05) is 20.3 Å². The zero-order valence-corrected chi connectivity index (χ0v) is 9.28. The van der Waals surface area contributed by atoms with Crippen LogP contribution in [0, 0.1) is 5.92 Å². The zero-order valence-electron chi connectivity index (χ0n) is 9.28. The number of benzene rings is 1. The summed E-state index contributed by atoms with van der Waals surface area (Å²) in [5.41, 5.74) is 1.41. The lowest BCUT2D eigenvalue weighted by Crippen LogP contribution is -2.41. The summed E-state index contributed by atoms with van der Waals surface area (Å²) in [5.74, 6) is 0.617. The lowest BCUT2D eigenvalue weighted by Gasteiger charge is -2.31. The van der Waals surface area contributed by atoms with Crippen LogP contribution in [0.4, 0.5) is 0 Å². The third kappa shape index (κ3) is 2.80. The first kappa shape index (κ1) is 10.7. The van der Waals surface area contributed by atoms with E-state index in [4.69, 9.17) is 4.74 Å². The Kier molecular flexibility index (Phi) is 3.75. The van der Waals surface area contributed by atoms with E-state index in [0.29, 0.717) is 12.0 Å². The van der Waals surface area contributed by atoms with E-state index in [9.17, 15) is 0 Å². The van der Waals surface area contributed by atoms with Crippen LogP contribution in [0.1, 0.15) is 12.0 Å². The van der Waals surface area contributed by atoms with Crippen molar-refractivity contribution in [2.45, 2.75) is 18.9 Å². The van der Waals surface area contributed by atoms with E-state index in [1.807, 2.05) is 7.05 Å². The molecule has 2 unspecified atom stereocenters. The van der Waals surface area contributed by atoms with Crippen molar-refractivity contribution in [3.63, 3.8) is 0 Å². The normalized spacial score (nSPS) is 26.5. The molecule has 15 heavy (non-hydrogen) atoms. The Bertz CT molecular complexity index is 286. The molecule has 0 radical (unpaired) electrons. The summed E-state index contributed by atoms with van der Waals surface area (Å²) < 4.78 is 5.55. The maximum absolute atomic E-state index is 5.55. The van der Waals surface area contributed by atoms with Crippen LogP contribution < -0.4 is 5.32 Å².